The number of alkyl halides is 1. The molecule has 1 fully saturated rings. The Labute approximate surface area is 125 Å². The maximum atomic E-state index is 13.3. The molecule has 0 bridgehead atoms. The second-order valence-electron chi connectivity index (χ2n) is 4.16. The first-order chi connectivity index (χ1) is 8.36. The smallest absolute Gasteiger partial charge is 0.109 e. The highest BCUT2D eigenvalue weighted by Gasteiger charge is 2.23. The van der Waals surface area contributed by atoms with E-state index in [1.54, 1.807) is 6.07 Å². The molecule has 0 aliphatic carbocycles. The Bertz CT molecular complexity index is 417. The highest BCUT2D eigenvalue weighted by atomic mass is 35.5. The molecule has 1 N–H and O–H groups in total. The molecule has 1 aliphatic heterocycles. The van der Waals surface area contributed by atoms with Gasteiger partial charge in [-0.3, -0.25) is 4.90 Å². The van der Waals surface area contributed by atoms with Crippen molar-refractivity contribution in [1.29, 1.82) is 5.26 Å². The van der Waals surface area contributed by atoms with E-state index >= 15 is 0 Å². The molecular weight excluding hydrogens is 288 g/mol. The van der Waals surface area contributed by atoms with Gasteiger partial charge in [0.25, 0.3) is 0 Å². The zero-order valence-corrected chi connectivity index (χ0v) is 12.1. The minimum Gasteiger partial charge on any atom is -0.314 e. The fourth-order valence-corrected chi connectivity index (χ4v) is 2.26. The van der Waals surface area contributed by atoms with Crippen molar-refractivity contribution in [2.75, 3.05) is 32.9 Å². The first-order valence-electron chi connectivity index (χ1n) is 5.86. The Morgan fingerprint density at radius 3 is 2.47 bits per heavy atom. The van der Waals surface area contributed by atoms with Crippen LogP contribution in [0, 0.1) is 11.3 Å². The van der Waals surface area contributed by atoms with E-state index in [1.165, 1.54) is 0 Å². The van der Waals surface area contributed by atoms with Crippen molar-refractivity contribution >= 4 is 24.8 Å². The molecule has 1 aromatic rings. The highest BCUT2D eigenvalue weighted by Crippen LogP contribution is 2.24. The van der Waals surface area contributed by atoms with Crippen LogP contribution in [0.25, 0.3) is 0 Å². The molecule has 19 heavy (non-hydrogen) atoms. The van der Waals surface area contributed by atoms with Gasteiger partial charge < -0.3 is 5.32 Å². The molecule has 0 saturated carbocycles. The van der Waals surface area contributed by atoms with E-state index in [-0.39, 0.29) is 30.9 Å². The number of benzene rings is 1. The van der Waals surface area contributed by atoms with Gasteiger partial charge in [-0.1, -0.05) is 18.2 Å². The molecular formula is C13H18Cl2FN3. The topological polar surface area (TPSA) is 39.1 Å². The Morgan fingerprint density at radius 2 is 1.89 bits per heavy atom. The van der Waals surface area contributed by atoms with E-state index in [4.69, 9.17) is 5.26 Å². The Kier molecular flexibility index (Phi) is 8.70. The van der Waals surface area contributed by atoms with Gasteiger partial charge in [0.2, 0.25) is 0 Å². The monoisotopic (exact) mass is 305 g/mol. The summed E-state index contributed by atoms with van der Waals surface area (Å²) in [5, 5.41) is 12.3. The molecule has 0 aromatic heterocycles. The predicted octanol–water partition coefficient (Wildman–Crippen LogP) is 2.32. The highest BCUT2D eigenvalue weighted by molar-refractivity contribution is 5.85. The molecule has 106 valence electrons. The maximum absolute atomic E-state index is 13.3. The van der Waals surface area contributed by atoms with Crippen molar-refractivity contribution in [3.8, 4) is 6.07 Å². The fraction of sp³-hybridized carbons (Fsp3) is 0.462. The van der Waals surface area contributed by atoms with Gasteiger partial charge in [0.1, 0.15) is 6.67 Å². The summed E-state index contributed by atoms with van der Waals surface area (Å²) in [6.07, 6.45) is 0. The summed E-state index contributed by atoms with van der Waals surface area (Å²) in [5.74, 6) is 0. The average Bonchev–Trinajstić information content (AvgIpc) is 2.41. The molecule has 6 heteroatoms. The number of nitriles is 1. The van der Waals surface area contributed by atoms with Crippen molar-refractivity contribution in [2.45, 2.75) is 6.04 Å². The van der Waals surface area contributed by atoms with E-state index in [9.17, 15) is 4.39 Å². The van der Waals surface area contributed by atoms with Crippen molar-refractivity contribution < 1.29 is 4.39 Å². The lowest BCUT2D eigenvalue weighted by molar-refractivity contribution is 0.147. The van der Waals surface area contributed by atoms with E-state index in [0.29, 0.717) is 5.56 Å². The van der Waals surface area contributed by atoms with Crippen molar-refractivity contribution in [3.63, 3.8) is 0 Å². The van der Waals surface area contributed by atoms with Crippen LogP contribution in [0.4, 0.5) is 4.39 Å². The first-order valence-corrected chi connectivity index (χ1v) is 5.86. The summed E-state index contributed by atoms with van der Waals surface area (Å²) in [6.45, 7) is 2.97. The van der Waals surface area contributed by atoms with Crippen molar-refractivity contribution in [3.05, 3.63) is 35.4 Å². The van der Waals surface area contributed by atoms with Crippen LogP contribution in [0.5, 0.6) is 0 Å². The number of rotatable bonds is 3. The van der Waals surface area contributed by atoms with Crippen LogP contribution in [0.3, 0.4) is 0 Å². The second kappa shape index (κ2) is 9.11. The van der Waals surface area contributed by atoms with Crippen molar-refractivity contribution in [2.24, 2.45) is 0 Å². The molecule has 1 atom stereocenters. The molecule has 0 radical (unpaired) electrons. The molecule has 0 unspecified atom stereocenters. The van der Waals surface area contributed by atoms with Crippen LogP contribution in [-0.4, -0.2) is 37.8 Å². The van der Waals surface area contributed by atoms with Gasteiger partial charge in [0.15, 0.2) is 0 Å². The van der Waals surface area contributed by atoms with Gasteiger partial charge in [-0.15, -0.1) is 24.8 Å². The van der Waals surface area contributed by atoms with Gasteiger partial charge >= 0.3 is 0 Å². The molecule has 1 aromatic carbocycles. The van der Waals surface area contributed by atoms with Crippen LogP contribution < -0.4 is 5.32 Å². The normalized spacial score (nSPS) is 16.6. The number of halogens is 3. The first kappa shape index (κ1) is 18.1. The minimum absolute atomic E-state index is 0. The van der Waals surface area contributed by atoms with Gasteiger partial charge in [-0.05, 0) is 11.6 Å². The molecule has 2 rings (SSSR count). The number of hydrogen-bond donors (Lipinski definition) is 1. The van der Waals surface area contributed by atoms with Crippen molar-refractivity contribution in [1.82, 2.24) is 10.2 Å². The minimum atomic E-state index is -0.446. The van der Waals surface area contributed by atoms with Gasteiger partial charge in [0, 0.05) is 26.2 Å². The lowest BCUT2D eigenvalue weighted by atomic mass is 10.00. The van der Waals surface area contributed by atoms with E-state index < -0.39 is 6.67 Å². The summed E-state index contributed by atoms with van der Waals surface area (Å²) in [4.78, 5) is 2.10. The number of nitrogens with zero attached hydrogens (tertiary/aromatic N) is 2. The Morgan fingerprint density at radius 1 is 1.26 bits per heavy atom. The Balaban J connectivity index is 0.00000162. The molecule has 1 saturated heterocycles. The SMILES string of the molecule is Cl.Cl.N#Cc1ccccc1[C@@H](CF)N1CCNCC1. The quantitative estimate of drug-likeness (QED) is 0.931. The fourth-order valence-electron chi connectivity index (χ4n) is 2.26. The Hall–Kier alpha value is -0.860. The molecule has 0 spiro atoms. The average molecular weight is 306 g/mol. The summed E-state index contributed by atoms with van der Waals surface area (Å²) < 4.78 is 13.3. The molecule has 1 heterocycles. The largest absolute Gasteiger partial charge is 0.314 e. The lowest BCUT2D eigenvalue weighted by Crippen LogP contribution is -2.45. The second-order valence-corrected chi connectivity index (χ2v) is 4.16. The van der Waals surface area contributed by atoms with Crippen LogP contribution in [-0.2, 0) is 0 Å². The number of nitrogens with one attached hydrogen (secondary N) is 1. The lowest BCUT2D eigenvalue weighted by Gasteiger charge is -2.34. The predicted molar refractivity (Wildman–Crippen MR) is 78.8 cm³/mol. The summed E-state index contributed by atoms with van der Waals surface area (Å²) >= 11 is 0. The van der Waals surface area contributed by atoms with Crippen LogP contribution >= 0.6 is 24.8 Å². The summed E-state index contributed by atoms with van der Waals surface area (Å²) in [5.41, 5.74) is 1.38. The number of hydrogen-bond acceptors (Lipinski definition) is 3. The third kappa shape index (κ3) is 4.32. The van der Waals surface area contributed by atoms with Crippen LogP contribution in [0.15, 0.2) is 24.3 Å². The van der Waals surface area contributed by atoms with Crippen LogP contribution in [0.2, 0.25) is 0 Å². The van der Waals surface area contributed by atoms with Crippen LogP contribution in [0.1, 0.15) is 17.2 Å². The van der Waals surface area contributed by atoms with Gasteiger partial charge in [0.05, 0.1) is 17.7 Å². The van der Waals surface area contributed by atoms with Gasteiger partial charge in [-0.2, -0.15) is 5.26 Å². The summed E-state index contributed by atoms with van der Waals surface area (Å²) in [7, 11) is 0. The number of piperazine rings is 1. The molecule has 1 aliphatic rings. The zero-order chi connectivity index (χ0) is 12.1. The maximum Gasteiger partial charge on any atom is 0.109 e. The molecule has 0 amide bonds. The third-order valence-electron chi connectivity index (χ3n) is 3.18. The van der Waals surface area contributed by atoms with Gasteiger partial charge in [-0.25, -0.2) is 4.39 Å². The van der Waals surface area contributed by atoms with E-state index in [0.717, 1.165) is 31.7 Å². The molecule has 3 nitrogen and oxygen atoms in total. The summed E-state index contributed by atoms with van der Waals surface area (Å²) in [6, 6.07) is 9.14. The standard InChI is InChI=1S/C13H16FN3.2ClH/c14-9-13(17-7-5-16-6-8-17)12-4-2-1-3-11(12)10-15;;/h1-4,13,16H,5-9H2;2*1H/t13-;;/m1../s1. The van der Waals surface area contributed by atoms with E-state index in [1.807, 2.05) is 18.2 Å². The zero-order valence-electron chi connectivity index (χ0n) is 10.5. The third-order valence-corrected chi connectivity index (χ3v) is 3.18. The van der Waals surface area contributed by atoms with E-state index in [2.05, 4.69) is 16.3 Å².